The van der Waals surface area contributed by atoms with Gasteiger partial charge in [0.05, 0.1) is 0 Å². The van der Waals surface area contributed by atoms with E-state index in [0.29, 0.717) is 5.56 Å². The van der Waals surface area contributed by atoms with E-state index in [-0.39, 0.29) is 6.54 Å². The van der Waals surface area contributed by atoms with Gasteiger partial charge in [0, 0.05) is 11.5 Å². The summed E-state index contributed by atoms with van der Waals surface area (Å²) in [6.45, 7) is -0.105. The van der Waals surface area contributed by atoms with Gasteiger partial charge in [0.2, 0.25) is 0 Å². The Bertz CT molecular complexity index is 385. The van der Waals surface area contributed by atoms with Crippen LogP contribution < -0.4 is 0 Å². The van der Waals surface area contributed by atoms with Gasteiger partial charge in [0.15, 0.2) is 0 Å². The highest BCUT2D eigenvalue weighted by Crippen LogP contribution is 2.21. The van der Waals surface area contributed by atoms with E-state index in [1.807, 2.05) is 0 Å². The zero-order valence-corrected chi connectivity index (χ0v) is 7.92. The molecule has 0 radical (unpaired) electrons. The Labute approximate surface area is 86.3 Å². The van der Waals surface area contributed by atoms with Crippen molar-refractivity contribution in [3.05, 3.63) is 58.2 Å². The third-order valence-electron chi connectivity index (χ3n) is 1.81. The van der Waals surface area contributed by atoms with E-state index in [4.69, 9.17) is 5.53 Å². The van der Waals surface area contributed by atoms with Crippen LogP contribution in [0.3, 0.4) is 0 Å². The lowest BCUT2D eigenvalue weighted by molar-refractivity contribution is 0.185. The first-order valence-corrected chi connectivity index (χ1v) is 4.35. The van der Waals surface area contributed by atoms with Crippen LogP contribution in [0.15, 0.2) is 47.3 Å². The van der Waals surface area contributed by atoms with Crippen LogP contribution in [0.5, 0.6) is 0 Å². The Balaban J connectivity index is 2.72. The van der Waals surface area contributed by atoms with Gasteiger partial charge in [-0.05, 0) is 17.2 Å². The normalized spacial score (nSPS) is 13.1. The van der Waals surface area contributed by atoms with Crippen molar-refractivity contribution in [2.24, 2.45) is 5.11 Å². The fourth-order valence-corrected chi connectivity index (χ4v) is 1.07. The zero-order valence-electron chi connectivity index (χ0n) is 7.92. The quantitative estimate of drug-likeness (QED) is 0.460. The third-order valence-corrected chi connectivity index (χ3v) is 1.81. The summed E-state index contributed by atoms with van der Waals surface area (Å²) in [4.78, 5) is 2.47. The lowest BCUT2D eigenvalue weighted by Crippen LogP contribution is -1.97. The Kier molecular flexibility index (Phi) is 4.34. The fourth-order valence-electron chi connectivity index (χ4n) is 1.07. The lowest BCUT2D eigenvalue weighted by atomic mass is 10.1. The lowest BCUT2D eigenvalue weighted by Gasteiger charge is -2.07. The molecule has 0 aliphatic heterocycles. The van der Waals surface area contributed by atoms with Crippen LogP contribution >= 0.6 is 0 Å². The zero-order chi connectivity index (χ0) is 11.1. The van der Waals surface area contributed by atoms with Crippen molar-refractivity contribution in [3.63, 3.8) is 0 Å². The summed E-state index contributed by atoms with van der Waals surface area (Å²) in [5, 5.41) is 12.7. The number of benzene rings is 1. The summed E-state index contributed by atoms with van der Waals surface area (Å²) >= 11 is 0. The molecule has 0 spiro atoms. The fraction of sp³-hybridized carbons (Fsp3) is 0.200. The van der Waals surface area contributed by atoms with Crippen LogP contribution in [-0.4, -0.2) is 11.7 Å². The van der Waals surface area contributed by atoms with E-state index in [2.05, 4.69) is 10.0 Å². The Morgan fingerprint density at radius 1 is 1.53 bits per heavy atom. The summed E-state index contributed by atoms with van der Waals surface area (Å²) in [6, 6.07) is 8.42. The third kappa shape index (κ3) is 3.42. The topological polar surface area (TPSA) is 69.0 Å². The number of hydrogen-bond acceptors (Lipinski definition) is 2. The molecule has 1 N–H and O–H groups in total. The highest BCUT2D eigenvalue weighted by Gasteiger charge is 2.11. The van der Waals surface area contributed by atoms with Gasteiger partial charge >= 0.3 is 0 Å². The number of aliphatic hydroxyl groups excluding tert-OH is 1. The Morgan fingerprint density at radius 3 is 2.80 bits per heavy atom. The Morgan fingerprint density at radius 2 is 2.20 bits per heavy atom. The monoisotopic (exact) mass is 207 g/mol. The molecule has 0 saturated carbocycles. The van der Waals surface area contributed by atoms with E-state index >= 15 is 0 Å². The van der Waals surface area contributed by atoms with Gasteiger partial charge in [0.25, 0.3) is 0 Å². The van der Waals surface area contributed by atoms with Gasteiger partial charge in [-0.3, -0.25) is 0 Å². The van der Waals surface area contributed by atoms with Crippen LogP contribution in [0.1, 0.15) is 11.7 Å². The Hall–Kier alpha value is -1.84. The molecule has 1 aromatic rings. The second-order valence-electron chi connectivity index (χ2n) is 2.82. The molecule has 1 unspecified atom stereocenters. The maximum atomic E-state index is 13.2. The molecule has 0 amide bonds. The number of halogens is 1. The molecular weight excluding hydrogens is 197 g/mol. The standard InChI is InChI=1S/C10H10FN3O/c11-9(6-7-13-14-12)10(15)8-4-2-1-3-5-8/h1-6,10,15H,7H2/b9-6-. The minimum atomic E-state index is -1.29. The molecule has 4 nitrogen and oxygen atoms in total. The number of aliphatic hydroxyl groups is 1. The van der Waals surface area contributed by atoms with E-state index in [9.17, 15) is 9.50 Å². The van der Waals surface area contributed by atoms with E-state index < -0.39 is 11.9 Å². The average Bonchev–Trinajstić information content (AvgIpc) is 2.29. The average molecular weight is 207 g/mol. The summed E-state index contributed by atoms with van der Waals surface area (Å²) in [5.41, 5.74) is 8.44. The molecule has 0 heterocycles. The summed E-state index contributed by atoms with van der Waals surface area (Å²) in [5.74, 6) is -0.714. The molecule has 0 aliphatic rings. The number of rotatable bonds is 4. The first-order chi connectivity index (χ1) is 7.25. The number of hydrogen-bond donors (Lipinski definition) is 1. The molecule has 78 valence electrons. The molecular formula is C10H10FN3O. The van der Waals surface area contributed by atoms with Crippen molar-refractivity contribution in [2.75, 3.05) is 6.54 Å². The highest BCUT2D eigenvalue weighted by molar-refractivity contribution is 5.23. The molecule has 1 atom stereocenters. The second-order valence-corrected chi connectivity index (χ2v) is 2.82. The molecule has 0 fully saturated rings. The van der Waals surface area contributed by atoms with Crippen molar-refractivity contribution < 1.29 is 9.50 Å². The first kappa shape index (κ1) is 11.2. The summed E-state index contributed by atoms with van der Waals surface area (Å²) in [7, 11) is 0. The van der Waals surface area contributed by atoms with Gasteiger partial charge in [-0.15, -0.1) is 0 Å². The SMILES string of the molecule is [N-]=[N+]=NC/C=C(\F)C(O)c1ccccc1. The molecule has 1 aromatic carbocycles. The number of nitrogens with zero attached hydrogens (tertiary/aromatic N) is 3. The molecule has 1 rings (SSSR count). The predicted molar refractivity (Wildman–Crippen MR) is 54.6 cm³/mol. The predicted octanol–water partition coefficient (Wildman–Crippen LogP) is 2.88. The summed E-state index contributed by atoms with van der Waals surface area (Å²) in [6.07, 6.45) is -0.239. The van der Waals surface area contributed by atoms with Crippen molar-refractivity contribution in [2.45, 2.75) is 6.10 Å². The van der Waals surface area contributed by atoms with Crippen LogP contribution in [0.25, 0.3) is 10.4 Å². The molecule has 0 saturated heterocycles. The van der Waals surface area contributed by atoms with Crippen molar-refractivity contribution in [1.29, 1.82) is 0 Å². The smallest absolute Gasteiger partial charge is 0.130 e. The molecule has 15 heavy (non-hydrogen) atoms. The maximum absolute atomic E-state index is 13.2. The molecule has 0 aromatic heterocycles. The number of azide groups is 1. The van der Waals surface area contributed by atoms with Crippen molar-refractivity contribution in [1.82, 2.24) is 0 Å². The maximum Gasteiger partial charge on any atom is 0.130 e. The minimum Gasteiger partial charge on any atom is -0.381 e. The second kappa shape index (κ2) is 5.80. The van der Waals surface area contributed by atoms with Gasteiger partial charge in [-0.25, -0.2) is 4.39 Å². The van der Waals surface area contributed by atoms with Crippen LogP contribution in [0.4, 0.5) is 4.39 Å². The van der Waals surface area contributed by atoms with Gasteiger partial charge in [0.1, 0.15) is 11.9 Å². The van der Waals surface area contributed by atoms with E-state index in [0.717, 1.165) is 6.08 Å². The summed E-state index contributed by atoms with van der Waals surface area (Å²) < 4.78 is 13.2. The van der Waals surface area contributed by atoms with Crippen LogP contribution in [0.2, 0.25) is 0 Å². The van der Waals surface area contributed by atoms with Crippen LogP contribution in [0, 0.1) is 0 Å². The van der Waals surface area contributed by atoms with Gasteiger partial charge in [-0.2, -0.15) is 0 Å². The van der Waals surface area contributed by atoms with Crippen molar-refractivity contribution >= 4 is 0 Å². The highest BCUT2D eigenvalue weighted by atomic mass is 19.1. The van der Waals surface area contributed by atoms with Gasteiger partial charge in [-0.1, -0.05) is 35.4 Å². The molecule has 0 bridgehead atoms. The molecule has 0 aliphatic carbocycles. The van der Waals surface area contributed by atoms with Gasteiger partial charge < -0.3 is 5.11 Å². The van der Waals surface area contributed by atoms with E-state index in [1.54, 1.807) is 30.3 Å². The molecule has 5 heteroatoms. The van der Waals surface area contributed by atoms with Crippen molar-refractivity contribution in [3.8, 4) is 0 Å². The minimum absolute atomic E-state index is 0.105. The van der Waals surface area contributed by atoms with E-state index in [1.165, 1.54) is 0 Å². The largest absolute Gasteiger partial charge is 0.381 e. The van der Waals surface area contributed by atoms with Crippen LogP contribution in [-0.2, 0) is 0 Å². The first-order valence-electron chi connectivity index (χ1n) is 4.35.